The molecule has 0 amide bonds. The Morgan fingerprint density at radius 1 is 1.26 bits per heavy atom. The van der Waals surface area contributed by atoms with Crippen LogP contribution >= 0.6 is 23.2 Å². The van der Waals surface area contributed by atoms with Gasteiger partial charge in [-0.15, -0.1) is 0 Å². The molecular weight excluding hydrogens is 363 g/mol. The Kier molecular flexibility index (Phi) is 6.94. The van der Waals surface area contributed by atoms with Crippen LogP contribution in [0.2, 0.25) is 10.0 Å². The number of rotatable bonds is 7. The second kappa shape index (κ2) is 8.50. The van der Waals surface area contributed by atoms with E-state index in [9.17, 15) is 8.42 Å². The predicted octanol–water partition coefficient (Wildman–Crippen LogP) is 2.00. The van der Waals surface area contributed by atoms with E-state index >= 15 is 0 Å². The lowest BCUT2D eigenvalue weighted by atomic mass is 10.3. The van der Waals surface area contributed by atoms with E-state index in [-0.39, 0.29) is 14.9 Å². The molecule has 1 aliphatic rings. The van der Waals surface area contributed by atoms with Crippen molar-refractivity contribution in [2.45, 2.75) is 11.8 Å². The average molecular weight is 383 g/mol. The van der Waals surface area contributed by atoms with Gasteiger partial charge >= 0.3 is 0 Å². The van der Waals surface area contributed by atoms with Crippen LogP contribution in [0.15, 0.2) is 17.0 Å². The molecule has 9 heteroatoms. The first-order chi connectivity index (χ1) is 10.9. The van der Waals surface area contributed by atoms with Gasteiger partial charge in [-0.2, -0.15) is 0 Å². The van der Waals surface area contributed by atoms with E-state index in [1.54, 1.807) is 0 Å². The van der Waals surface area contributed by atoms with E-state index in [0.29, 0.717) is 38.7 Å². The third-order valence-electron chi connectivity index (χ3n) is 3.40. The summed E-state index contributed by atoms with van der Waals surface area (Å²) in [4.78, 5) is 2.09. The van der Waals surface area contributed by atoms with Gasteiger partial charge in [0.25, 0.3) is 0 Å². The molecule has 1 aliphatic heterocycles. The van der Waals surface area contributed by atoms with Crippen molar-refractivity contribution >= 4 is 33.2 Å². The maximum Gasteiger partial charge on any atom is 0.242 e. The lowest BCUT2D eigenvalue weighted by molar-refractivity contribution is 0.0390. The summed E-state index contributed by atoms with van der Waals surface area (Å²) >= 11 is 12.1. The quantitative estimate of drug-likeness (QED) is 0.780. The highest BCUT2D eigenvalue weighted by Gasteiger charge is 2.21. The number of benzene rings is 1. The molecule has 0 radical (unpaired) electrons. The fourth-order valence-corrected chi connectivity index (χ4v) is 4.07. The fraction of sp³-hybridized carbons (Fsp3) is 0.571. The summed E-state index contributed by atoms with van der Waals surface area (Å²) in [5, 5.41) is 0.293. The van der Waals surface area contributed by atoms with Crippen molar-refractivity contribution in [2.75, 3.05) is 46.0 Å². The standard InChI is InChI=1S/C14H20Cl2N2O4S/c1-2-22-13-9-12(16)14(10-11(13)15)23(19,20)17-3-4-18-5-7-21-8-6-18/h9-10,17H,2-8H2,1H3. The second-order valence-corrected chi connectivity index (χ2v) is 7.55. The van der Waals surface area contributed by atoms with Gasteiger partial charge < -0.3 is 9.47 Å². The summed E-state index contributed by atoms with van der Waals surface area (Å²) in [7, 11) is -3.73. The van der Waals surface area contributed by atoms with Crippen molar-refractivity contribution in [1.29, 1.82) is 0 Å². The number of nitrogens with one attached hydrogen (secondary N) is 1. The van der Waals surface area contributed by atoms with Gasteiger partial charge in [0.05, 0.1) is 29.9 Å². The average Bonchev–Trinajstić information content (AvgIpc) is 2.51. The number of halogens is 2. The van der Waals surface area contributed by atoms with E-state index in [1.807, 2.05) is 6.92 Å². The van der Waals surface area contributed by atoms with Crippen molar-refractivity contribution in [3.63, 3.8) is 0 Å². The largest absolute Gasteiger partial charge is 0.492 e. The summed E-state index contributed by atoms with van der Waals surface area (Å²) in [5.74, 6) is 0.367. The van der Waals surface area contributed by atoms with E-state index in [1.165, 1.54) is 12.1 Å². The minimum atomic E-state index is -3.73. The number of morpholine rings is 1. The lowest BCUT2D eigenvalue weighted by Crippen LogP contribution is -2.41. The third-order valence-corrected chi connectivity index (χ3v) is 5.62. The smallest absolute Gasteiger partial charge is 0.242 e. The van der Waals surface area contributed by atoms with E-state index in [2.05, 4.69) is 9.62 Å². The zero-order valence-electron chi connectivity index (χ0n) is 12.8. The summed E-state index contributed by atoms with van der Waals surface area (Å²) in [5.41, 5.74) is 0. The van der Waals surface area contributed by atoms with Crippen LogP contribution in [0.4, 0.5) is 0 Å². The van der Waals surface area contributed by atoms with Crippen molar-refractivity contribution in [2.24, 2.45) is 0 Å². The molecule has 1 aromatic carbocycles. The van der Waals surface area contributed by atoms with Gasteiger partial charge in [0.1, 0.15) is 10.6 Å². The highest BCUT2D eigenvalue weighted by molar-refractivity contribution is 7.89. The van der Waals surface area contributed by atoms with Crippen LogP contribution in [0.1, 0.15) is 6.92 Å². The summed E-state index contributed by atoms with van der Waals surface area (Å²) in [6, 6.07) is 2.73. The number of ether oxygens (including phenoxy) is 2. The summed E-state index contributed by atoms with van der Waals surface area (Å²) in [6.45, 7) is 6.09. The fourth-order valence-electron chi connectivity index (χ4n) is 2.22. The molecule has 23 heavy (non-hydrogen) atoms. The molecule has 0 saturated carbocycles. The first-order valence-corrected chi connectivity index (χ1v) is 9.59. The van der Waals surface area contributed by atoms with Crippen LogP contribution in [0, 0.1) is 0 Å². The molecule has 0 aromatic heterocycles. The van der Waals surface area contributed by atoms with Gasteiger partial charge in [0, 0.05) is 32.2 Å². The number of hydrogen-bond donors (Lipinski definition) is 1. The van der Waals surface area contributed by atoms with Crippen molar-refractivity contribution < 1.29 is 17.9 Å². The predicted molar refractivity (Wildman–Crippen MR) is 90.1 cm³/mol. The Morgan fingerprint density at radius 3 is 2.61 bits per heavy atom. The van der Waals surface area contributed by atoms with Crippen molar-refractivity contribution in [1.82, 2.24) is 9.62 Å². The Bertz CT molecular complexity index is 634. The van der Waals surface area contributed by atoms with E-state index in [4.69, 9.17) is 32.7 Å². The van der Waals surface area contributed by atoms with E-state index < -0.39 is 10.0 Å². The van der Waals surface area contributed by atoms with Crippen molar-refractivity contribution in [3.05, 3.63) is 22.2 Å². The summed E-state index contributed by atoms with van der Waals surface area (Å²) < 4.78 is 37.9. The molecule has 2 rings (SSSR count). The Hall–Kier alpha value is -0.570. The van der Waals surface area contributed by atoms with Gasteiger partial charge in [-0.05, 0) is 13.0 Å². The summed E-state index contributed by atoms with van der Waals surface area (Å²) in [6.07, 6.45) is 0. The van der Waals surface area contributed by atoms with Crippen LogP contribution in [0.3, 0.4) is 0 Å². The molecule has 1 aromatic rings. The Morgan fingerprint density at radius 2 is 1.96 bits per heavy atom. The van der Waals surface area contributed by atoms with Crippen LogP contribution in [-0.4, -0.2) is 59.3 Å². The topological polar surface area (TPSA) is 67.9 Å². The molecule has 1 heterocycles. The number of sulfonamides is 1. The monoisotopic (exact) mass is 382 g/mol. The number of hydrogen-bond acceptors (Lipinski definition) is 5. The first-order valence-electron chi connectivity index (χ1n) is 7.35. The normalized spacial score (nSPS) is 16.5. The minimum absolute atomic E-state index is 0.0467. The molecule has 1 N–H and O–H groups in total. The van der Waals surface area contributed by atoms with Crippen LogP contribution in [-0.2, 0) is 14.8 Å². The number of nitrogens with zero attached hydrogens (tertiary/aromatic N) is 1. The van der Waals surface area contributed by atoms with Crippen LogP contribution in [0.5, 0.6) is 5.75 Å². The molecule has 0 atom stereocenters. The minimum Gasteiger partial charge on any atom is -0.492 e. The maximum atomic E-state index is 12.4. The van der Waals surface area contributed by atoms with Gasteiger partial charge in [-0.1, -0.05) is 23.2 Å². The zero-order chi connectivity index (χ0) is 16.9. The lowest BCUT2D eigenvalue weighted by Gasteiger charge is -2.26. The highest BCUT2D eigenvalue weighted by Crippen LogP contribution is 2.33. The third kappa shape index (κ3) is 5.20. The van der Waals surface area contributed by atoms with E-state index in [0.717, 1.165) is 13.1 Å². The second-order valence-electron chi connectivity index (χ2n) is 5.00. The van der Waals surface area contributed by atoms with Crippen molar-refractivity contribution in [3.8, 4) is 5.75 Å². The molecule has 0 aliphatic carbocycles. The molecule has 0 bridgehead atoms. The molecular formula is C14H20Cl2N2O4S. The Balaban J connectivity index is 2.02. The van der Waals surface area contributed by atoms with Gasteiger partial charge in [-0.25, -0.2) is 13.1 Å². The SMILES string of the molecule is CCOc1cc(Cl)c(S(=O)(=O)NCCN2CCOCC2)cc1Cl. The van der Waals surface area contributed by atoms with Gasteiger partial charge in [0.2, 0.25) is 10.0 Å². The van der Waals surface area contributed by atoms with Crippen LogP contribution in [0.25, 0.3) is 0 Å². The molecule has 6 nitrogen and oxygen atoms in total. The zero-order valence-corrected chi connectivity index (χ0v) is 15.2. The van der Waals surface area contributed by atoms with Crippen LogP contribution < -0.4 is 9.46 Å². The molecule has 0 spiro atoms. The van der Waals surface area contributed by atoms with Gasteiger partial charge in [0.15, 0.2) is 0 Å². The maximum absolute atomic E-state index is 12.4. The molecule has 130 valence electrons. The molecule has 1 fully saturated rings. The Labute approximate surface area is 146 Å². The molecule has 1 saturated heterocycles. The van der Waals surface area contributed by atoms with Gasteiger partial charge in [-0.3, -0.25) is 4.90 Å². The first kappa shape index (κ1) is 18.8. The highest BCUT2D eigenvalue weighted by atomic mass is 35.5. The molecule has 0 unspecified atom stereocenters.